The Hall–Kier alpha value is -2.05. The van der Waals surface area contributed by atoms with Gasteiger partial charge < -0.3 is 30.9 Å². The summed E-state index contributed by atoms with van der Waals surface area (Å²) in [5.74, 6) is -1.53. The third-order valence-electron chi connectivity index (χ3n) is 3.39. The molecule has 1 fully saturated rings. The zero-order valence-corrected chi connectivity index (χ0v) is 11.1. The molecule has 0 amide bonds. The Morgan fingerprint density at radius 3 is 2.55 bits per heavy atom. The fourth-order valence-electron chi connectivity index (χ4n) is 2.18. The molecule has 0 aromatic carbocycles. The van der Waals surface area contributed by atoms with E-state index in [9.17, 15) is 29.7 Å². The minimum absolute atomic E-state index is 0.668. The molecule has 122 valence electrons. The summed E-state index contributed by atoms with van der Waals surface area (Å²) in [6.45, 7) is 0. The number of hydrogen-bond acceptors (Lipinski definition) is 8. The topological polar surface area (TPSA) is 188 Å². The molecule has 1 saturated heterocycles. The number of aromatic nitrogens is 2. The molecule has 2 heterocycles. The molecule has 7 N–H and O–H groups in total. The number of aliphatic hydroxyl groups excluding tert-OH is 3. The van der Waals surface area contributed by atoms with E-state index in [1.54, 1.807) is 0 Å². The second-order valence-electron chi connectivity index (χ2n) is 4.84. The highest BCUT2D eigenvalue weighted by atomic mass is 16.6. The number of aliphatic carboxylic acids is 1. The molecule has 2 rings (SSSR count). The minimum Gasteiger partial charge on any atom is -0.480 e. The Balaban J connectivity index is 2.28. The number of ether oxygens (including phenoxy) is 1. The molecule has 11 nitrogen and oxygen atoms in total. The van der Waals surface area contributed by atoms with Gasteiger partial charge >= 0.3 is 11.7 Å². The van der Waals surface area contributed by atoms with Crippen molar-refractivity contribution < 1.29 is 30.0 Å². The van der Waals surface area contributed by atoms with E-state index >= 15 is 0 Å². The molecular formula is C11H15N3O8. The van der Waals surface area contributed by atoms with Crippen molar-refractivity contribution in [3.63, 3.8) is 0 Å². The van der Waals surface area contributed by atoms with Crippen LogP contribution in [-0.2, 0) is 9.53 Å². The summed E-state index contributed by atoms with van der Waals surface area (Å²) in [5, 5.41) is 38.3. The number of aromatic amines is 1. The summed E-state index contributed by atoms with van der Waals surface area (Å²) in [6, 6.07) is -0.755. The van der Waals surface area contributed by atoms with E-state index in [4.69, 9.17) is 15.6 Å². The molecule has 1 aromatic rings. The Labute approximate surface area is 122 Å². The smallest absolute Gasteiger partial charge is 0.330 e. The largest absolute Gasteiger partial charge is 0.480 e. The van der Waals surface area contributed by atoms with Gasteiger partial charge in [0.05, 0.1) is 0 Å². The highest BCUT2D eigenvalue weighted by Crippen LogP contribution is 2.30. The summed E-state index contributed by atoms with van der Waals surface area (Å²) in [4.78, 5) is 35.3. The lowest BCUT2D eigenvalue weighted by atomic mass is 10.0. The summed E-state index contributed by atoms with van der Waals surface area (Å²) >= 11 is 0. The second-order valence-corrected chi connectivity index (χ2v) is 4.84. The van der Waals surface area contributed by atoms with E-state index in [2.05, 4.69) is 0 Å². The molecule has 1 aliphatic heterocycles. The number of nitrogens with zero attached hydrogens (tertiary/aromatic N) is 1. The van der Waals surface area contributed by atoms with Gasteiger partial charge in [0, 0.05) is 12.3 Å². The SMILES string of the molecule is N[C@H](C(=O)O)[C@H](O)[C@H]1O[C@@H](n2ccc(=O)[nH]c2=O)C(O)C1O. The van der Waals surface area contributed by atoms with Gasteiger partial charge in [-0.25, -0.2) is 4.79 Å². The number of nitrogens with two attached hydrogens (primary N) is 1. The van der Waals surface area contributed by atoms with Gasteiger partial charge in [0.2, 0.25) is 0 Å². The summed E-state index contributed by atoms with van der Waals surface area (Å²) in [6.07, 6.45) is -7.03. The van der Waals surface area contributed by atoms with Crippen LogP contribution in [0.25, 0.3) is 0 Å². The first-order valence-electron chi connectivity index (χ1n) is 6.23. The normalized spacial score (nSPS) is 30.9. The standard InChI is InChI=1S/C11H15N3O8/c12-4(10(19)20)5(16)8-6(17)7(18)9(22-8)14-2-1-3(15)13-11(14)21/h1-2,4-9,16-18H,12H2,(H,19,20)(H,13,15,21)/t4-,5-,6?,7?,8+,9+/m0/s1. The van der Waals surface area contributed by atoms with Crippen LogP contribution in [0.5, 0.6) is 0 Å². The van der Waals surface area contributed by atoms with Crippen LogP contribution in [0, 0.1) is 0 Å². The molecule has 6 atom stereocenters. The van der Waals surface area contributed by atoms with Crippen LogP contribution in [0.3, 0.4) is 0 Å². The Morgan fingerprint density at radius 1 is 1.36 bits per heavy atom. The molecule has 0 spiro atoms. The molecule has 1 aliphatic rings. The van der Waals surface area contributed by atoms with Gasteiger partial charge in [-0.05, 0) is 0 Å². The van der Waals surface area contributed by atoms with Crippen LogP contribution in [-0.4, -0.2) is 66.4 Å². The number of aliphatic hydroxyl groups is 3. The summed E-state index contributed by atoms with van der Waals surface area (Å²) in [7, 11) is 0. The predicted molar refractivity (Wildman–Crippen MR) is 68.9 cm³/mol. The zero-order chi connectivity index (χ0) is 16.6. The third kappa shape index (κ3) is 2.80. The van der Waals surface area contributed by atoms with Crippen molar-refractivity contribution in [1.82, 2.24) is 9.55 Å². The molecule has 0 radical (unpaired) electrons. The van der Waals surface area contributed by atoms with Crippen LogP contribution in [0.2, 0.25) is 0 Å². The minimum atomic E-state index is -1.81. The van der Waals surface area contributed by atoms with Crippen LogP contribution < -0.4 is 17.0 Å². The van der Waals surface area contributed by atoms with Gasteiger partial charge in [-0.3, -0.25) is 19.1 Å². The first-order chi connectivity index (χ1) is 10.2. The van der Waals surface area contributed by atoms with Crippen molar-refractivity contribution >= 4 is 5.97 Å². The highest BCUT2D eigenvalue weighted by Gasteiger charge is 2.49. The number of nitrogens with one attached hydrogen (secondary N) is 1. The van der Waals surface area contributed by atoms with Gasteiger partial charge in [0.1, 0.15) is 30.5 Å². The number of rotatable bonds is 4. The number of carbonyl (C=O) groups is 1. The maximum atomic E-state index is 11.7. The van der Waals surface area contributed by atoms with Gasteiger partial charge in [-0.1, -0.05) is 0 Å². The fraction of sp³-hybridized carbons (Fsp3) is 0.545. The van der Waals surface area contributed by atoms with Crippen LogP contribution in [0.1, 0.15) is 6.23 Å². The maximum absolute atomic E-state index is 11.7. The van der Waals surface area contributed by atoms with E-state index in [1.165, 1.54) is 0 Å². The van der Waals surface area contributed by atoms with Crippen molar-refractivity contribution in [2.24, 2.45) is 5.73 Å². The quantitative estimate of drug-likeness (QED) is 0.321. The monoisotopic (exact) mass is 317 g/mol. The van der Waals surface area contributed by atoms with E-state index in [0.717, 1.165) is 16.8 Å². The average Bonchev–Trinajstić information content (AvgIpc) is 2.74. The summed E-state index contributed by atoms with van der Waals surface area (Å²) in [5.41, 5.74) is 3.67. The van der Waals surface area contributed by atoms with Crippen molar-refractivity contribution in [3.05, 3.63) is 33.1 Å². The van der Waals surface area contributed by atoms with E-state index in [-0.39, 0.29) is 0 Å². The lowest BCUT2D eigenvalue weighted by molar-refractivity contribution is -0.147. The van der Waals surface area contributed by atoms with Crippen molar-refractivity contribution in [2.45, 2.75) is 36.7 Å². The predicted octanol–water partition coefficient (Wildman–Crippen LogP) is -4.07. The van der Waals surface area contributed by atoms with Gasteiger partial charge in [-0.2, -0.15) is 0 Å². The fourth-order valence-corrected chi connectivity index (χ4v) is 2.18. The van der Waals surface area contributed by atoms with Crippen LogP contribution in [0.4, 0.5) is 0 Å². The number of carboxylic acids is 1. The van der Waals surface area contributed by atoms with Crippen molar-refractivity contribution in [2.75, 3.05) is 0 Å². The average molecular weight is 317 g/mol. The first kappa shape index (κ1) is 16.3. The molecular weight excluding hydrogens is 302 g/mol. The van der Waals surface area contributed by atoms with Gasteiger partial charge in [-0.15, -0.1) is 0 Å². The van der Waals surface area contributed by atoms with Crippen molar-refractivity contribution in [1.29, 1.82) is 0 Å². The molecule has 0 aliphatic carbocycles. The van der Waals surface area contributed by atoms with Gasteiger partial charge in [0.25, 0.3) is 5.56 Å². The second kappa shape index (κ2) is 5.98. The van der Waals surface area contributed by atoms with E-state index < -0.39 is 53.9 Å². The lowest BCUT2D eigenvalue weighted by Gasteiger charge is -2.23. The van der Waals surface area contributed by atoms with Crippen LogP contribution >= 0.6 is 0 Å². The van der Waals surface area contributed by atoms with E-state index in [1.807, 2.05) is 4.98 Å². The third-order valence-corrected chi connectivity index (χ3v) is 3.39. The zero-order valence-electron chi connectivity index (χ0n) is 11.1. The maximum Gasteiger partial charge on any atom is 0.330 e. The van der Waals surface area contributed by atoms with E-state index in [0.29, 0.717) is 0 Å². The molecule has 22 heavy (non-hydrogen) atoms. The Kier molecular flexibility index (Phi) is 4.44. The highest BCUT2D eigenvalue weighted by molar-refractivity contribution is 5.74. The summed E-state index contributed by atoms with van der Waals surface area (Å²) < 4.78 is 5.97. The first-order valence-corrected chi connectivity index (χ1v) is 6.23. The van der Waals surface area contributed by atoms with Gasteiger partial charge in [0.15, 0.2) is 6.23 Å². The molecule has 2 unspecified atom stereocenters. The van der Waals surface area contributed by atoms with Crippen LogP contribution in [0.15, 0.2) is 21.9 Å². The lowest BCUT2D eigenvalue weighted by Crippen LogP contribution is -2.51. The Morgan fingerprint density at radius 2 is 2.00 bits per heavy atom. The number of hydrogen-bond donors (Lipinski definition) is 6. The number of H-pyrrole nitrogens is 1. The molecule has 0 saturated carbocycles. The van der Waals surface area contributed by atoms with Crippen molar-refractivity contribution in [3.8, 4) is 0 Å². The molecule has 0 bridgehead atoms. The number of carboxylic acid groups (broad SMARTS) is 1. The molecule has 1 aromatic heterocycles. The Bertz CT molecular complexity index is 670. The molecule has 11 heteroatoms.